The lowest BCUT2D eigenvalue weighted by Gasteiger charge is -2.20. The molecule has 0 spiro atoms. The molecule has 9 nitrogen and oxygen atoms in total. The van der Waals surface area contributed by atoms with Crippen LogP contribution in [0.4, 0.5) is 4.39 Å². The van der Waals surface area contributed by atoms with Crippen LogP contribution in [-0.2, 0) is 13.6 Å². The van der Waals surface area contributed by atoms with Crippen LogP contribution in [0.25, 0.3) is 33.7 Å². The SMILES string of the molecule is Cn1cc(-c2nc3nccc(-c4ccc(CN5CCOc6cc(C7CC7)cc(F)c6C5=O)nc4)c3[nH]2)cn1. The van der Waals surface area contributed by atoms with Gasteiger partial charge in [-0.05, 0) is 48.6 Å². The Morgan fingerprint density at radius 1 is 1.13 bits per heavy atom. The number of rotatable bonds is 5. The summed E-state index contributed by atoms with van der Waals surface area (Å²) >= 11 is 0. The third-order valence-electron chi connectivity index (χ3n) is 7.10. The summed E-state index contributed by atoms with van der Waals surface area (Å²) in [7, 11) is 1.86. The summed E-state index contributed by atoms with van der Waals surface area (Å²) < 4.78 is 22.5. The molecule has 1 aliphatic heterocycles. The van der Waals surface area contributed by atoms with E-state index in [1.54, 1.807) is 28.2 Å². The van der Waals surface area contributed by atoms with Crippen molar-refractivity contribution in [1.82, 2.24) is 34.6 Å². The monoisotopic (exact) mass is 509 g/mol. The van der Waals surface area contributed by atoms with Crippen LogP contribution in [0.1, 0.15) is 40.4 Å². The summed E-state index contributed by atoms with van der Waals surface area (Å²) in [5.74, 6) is 0.516. The van der Waals surface area contributed by atoms with Gasteiger partial charge in [-0.25, -0.2) is 14.4 Å². The minimum Gasteiger partial charge on any atom is -0.491 e. The van der Waals surface area contributed by atoms with Gasteiger partial charge in [0.05, 0.1) is 36.1 Å². The van der Waals surface area contributed by atoms with Gasteiger partial charge in [0.25, 0.3) is 5.91 Å². The van der Waals surface area contributed by atoms with Gasteiger partial charge in [0.15, 0.2) is 5.65 Å². The van der Waals surface area contributed by atoms with Crippen LogP contribution in [0.2, 0.25) is 0 Å². The second kappa shape index (κ2) is 8.76. The van der Waals surface area contributed by atoms with Crippen LogP contribution in [0.3, 0.4) is 0 Å². The maximum absolute atomic E-state index is 15.0. The van der Waals surface area contributed by atoms with Crippen LogP contribution in [0.5, 0.6) is 5.75 Å². The van der Waals surface area contributed by atoms with E-state index in [2.05, 4.69) is 25.0 Å². The second-order valence-electron chi connectivity index (χ2n) is 9.81. The van der Waals surface area contributed by atoms with Crippen molar-refractivity contribution in [3.05, 3.63) is 77.8 Å². The average Bonchev–Trinajstić information content (AvgIpc) is 3.57. The Balaban J connectivity index is 1.14. The van der Waals surface area contributed by atoms with E-state index < -0.39 is 5.82 Å². The van der Waals surface area contributed by atoms with Crippen molar-refractivity contribution >= 4 is 17.1 Å². The number of pyridine rings is 2. The number of carbonyl (C=O) groups is 1. The van der Waals surface area contributed by atoms with E-state index in [-0.39, 0.29) is 18.0 Å². The molecule has 1 aliphatic carbocycles. The van der Waals surface area contributed by atoms with E-state index in [4.69, 9.17) is 4.74 Å². The first kappa shape index (κ1) is 22.6. The molecule has 1 saturated carbocycles. The van der Waals surface area contributed by atoms with Gasteiger partial charge in [0.1, 0.15) is 29.6 Å². The van der Waals surface area contributed by atoms with Crippen molar-refractivity contribution in [2.75, 3.05) is 13.2 Å². The fraction of sp³-hybridized carbons (Fsp3) is 0.250. The number of benzene rings is 1. The lowest BCUT2D eigenvalue weighted by molar-refractivity contribution is 0.0737. The molecule has 2 aliphatic rings. The molecule has 0 atom stereocenters. The molecule has 0 saturated heterocycles. The van der Waals surface area contributed by atoms with Crippen molar-refractivity contribution in [1.29, 1.82) is 0 Å². The minimum atomic E-state index is -0.517. The molecule has 10 heteroatoms. The molecule has 0 bridgehead atoms. The molecular weight excluding hydrogens is 485 g/mol. The van der Waals surface area contributed by atoms with Crippen LogP contribution in [0, 0.1) is 5.82 Å². The zero-order valence-corrected chi connectivity index (χ0v) is 20.7. The molecule has 0 unspecified atom stereocenters. The Bertz CT molecular complexity index is 1690. The van der Waals surface area contributed by atoms with E-state index in [0.717, 1.165) is 40.6 Å². The Kier molecular flexibility index (Phi) is 5.20. The number of aromatic nitrogens is 6. The summed E-state index contributed by atoms with van der Waals surface area (Å²) in [5, 5.41) is 4.21. The van der Waals surface area contributed by atoms with Crippen LogP contribution >= 0.6 is 0 Å². The van der Waals surface area contributed by atoms with Gasteiger partial charge in [0, 0.05) is 36.8 Å². The normalized spacial score (nSPS) is 15.4. The molecule has 5 aromatic rings. The highest BCUT2D eigenvalue weighted by atomic mass is 19.1. The first-order valence-electron chi connectivity index (χ1n) is 12.6. The van der Waals surface area contributed by atoms with Gasteiger partial charge in [-0.15, -0.1) is 0 Å². The molecule has 1 N–H and O–H groups in total. The number of aryl methyl sites for hydroxylation is 1. The third-order valence-corrected chi connectivity index (χ3v) is 7.10. The average molecular weight is 510 g/mol. The number of fused-ring (bicyclic) bond motifs is 2. The number of ether oxygens (including phenoxy) is 1. The summed E-state index contributed by atoms with van der Waals surface area (Å²) in [6.07, 6.45) is 9.23. The standard InChI is InChI=1S/C28H24FN7O2/c1-35-14-19(13-32-35)26-33-25-21(6-7-30-27(25)34-26)17-4-5-20(31-12-17)15-36-8-9-38-23-11-18(16-2-3-16)10-22(29)24(23)28(36)37/h4-7,10-14,16H,2-3,8-9,15H2,1H3,(H,30,33,34). The van der Waals surface area contributed by atoms with Gasteiger partial charge in [-0.1, -0.05) is 6.07 Å². The topological polar surface area (TPSA) is 102 Å². The van der Waals surface area contributed by atoms with E-state index >= 15 is 0 Å². The maximum atomic E-state index is 15.0. The smallest absolute Gasteiger partial charge is 0.261 e. The van der Waals surface area contributed by atoms with Crippen molar-refractivity contribution in [3.63, 3.8) is 0 Å². The quantitative estimate of drug-likeness (QED) is 0.375. The lowest BCUT2D eigenvalue weighted by Crippen LogP contribution is -2.32. The Labute approximate surface area is 217 Å². The number of nitrogens with one attached hydrogen (secondary N) is 1. The van der Waals surface area contributed by atoms with E-state index in [1.165, 1.54) is 6.07 Å². The van der Waals surface area contributed by atoms with Crippen molar-refractivity contribution < 1.29 is 13.9 Å². The molecule has 38 heavy (non-hydrogen) atoms. The molecular formula is C28H24FN7O2. The maximum Gasteiger partial charge on any atom is 0.261 e. The van der Waals surface area contributed by atoms with Crippen LogP contribution in [0.15, 0.2) is 55.1 Å². The number of nitrogens with zero attached hydrogens (tertiary/aromatic N) is 6. The molecule has 0 radical (unpaired) electrons. The van der Waals surface area contributed by atoms with Crippen molar-refractivity contribution in [2.45, 2.75) is 25.3 Å². The van der Waals surface area contributed by atoms with Gasteiger partial charge in [-0.3, -0.25) is 14.5 Å². The van der Waals surface area contributed by atoms with Gasteiger partial charge < -0.3 is 14.6 Å². The summed E-state index contributed by atoms with van der Waals surface area (Å²) in [5.41, 5.74) is 5.70. The number of imidazole rings is 1. The lowest BCUT2D eigenvalue weighted by atomic mass is 10.0. The predicted molar refractivity (Wildman–Crippen MR) is 138 cm³/mol. The third kappa shape index (κ3) is 3.98. The second-order valence-corrected chi connectivity index (χ2v) is 9.81. The largest absolute Gasteiger partial charge is 0.491 e. The van der Waals surface area contributed by atoms with E-state index in [9.17, 15) is 9.18 Å². The van der Waals surface area contributed by atoms with Gasteiger partial charge in [0.2, 0.25) is 0 Å². The van der Waals surface area contributed by atoms with Gasteiger partial charge >= 0.3 is 0 Å². The van der Waals surface area contributed by atoms with Crippen LogP contribution in [-0.4, -0.2) is 53.7 Å². The van der Waals surface area contributed by atoms with Crippen LogP contribution < -0.4 is 4.74 Å². The number of hydrogen-bond donors (Lipinski definition) is 1. The Hall–Kier alpha value is -4.60. The molecule has 5 heterocycles. The zero-order valence-electron chi connectivity index (χ0n) is 20.7. The predicted octanol–water partition coefficient (Wildman–Crippen LogP) is 4.47. The first-order valence-corrected chi connectivity index (χ1v) is 12.6. The minimum absolute atomic E-state index is 0.00589. The highest BCUT2D eigenvalue weighted by molar-refractivity contribution is 5.97. The fourth-order valence-electron chi connectivity index (χ4n) is 4.96. The highest BCUT2D eigenvalue weighted by Crippen LogP contribution is 2.43. The number of hydrogen-bond acceptors (Lipinski definition) is 6. The molecule has 1 amide bonds. The highest BCUT2D eigenvalue weighted by Gasteiger charge is 2.31. The number of aromatic amines is 1. The summed E-state index contributed by atoms with van der Waals surface area (Å²) in [4.78, 5) is 31.8. The first-order chi connectivity index (χ1) is 18.5. The Morgan fingerprint density at radius 2 is 2.03 bits per heavy atom. The number of halogens is 1. The summed E-state index contributed by atoms with van der Waals surface area (Å²) in [6.45, 7) is 0.913. The fourth-order valence-corrected chi connectivity index (χ4v) is 4.96. The molecule has 7 rings (SSSR count). The van der Waals surface area contributed by atoms with Gasteiger partial charge in [-0.2, -0.15) is 5.10 Å². The molecule has 1 fully saturated rings. The molecule has 190 valence electrons. The van der Waals surface area contributed by atoms with E-state index in [0.29, 0.717) is 42.0 Å². The van der Waals surface area contributed by atoms with E-state index in [1.807, 2.05) is 37.5 Å². The Morgan fingerprint density at radius 3 is 2.79 bits per heavy atom. The number of carbonyl (C=O) groups excluding carboxylic acids is 1. The molecule has 4 aromatic heterocycles. The summed E-state index contributed by atoms with van der Waals surface area (Å²) in [6, 6.07) is 9.06. The molecule has 1 aromatic carbocycles. The van der Waals surface area contributed by atoms with Crippen molar-refractivity contribution in [2.24, 2.45) is 7.05 Å². The number of H-pyrrole nitrogens is 1. The van der Waals surface area contributed by atoms with Crippen molar-refractivity contribution in [3.8, 4) is 28.3 Å². The zero-order chi connectivity index (χ0) is 25.8. The number of amides is 1.